The maximum absolute atomic E-state index is 14.2. The lowest BCUT2D eigenvalue weighted by Crippen LogP contribution is -2.43. The number of aryl methyl sites for hydroxylation is 1. The number of rotatable bonds is 7. The summed E-state index contributed by atoms with van der Waals surface area (Å²) in [7, 11) is 1.84. The summed E-state index contributed by atoms with van der Waals surface area (Å²) < 4.78 is 71.7. The summed E-state index contributed by atoms with van der Waals surface area (Å²) in [6, 6.07) is 11.9. The number of carbonyl (C=O) groups is 1. The van der Waals surface area contributed by atoms with E-state index in [0.717, 1.165) is 17.5 Å². The van der Waals surface area contributed by atoms with Gasteiger partial charge in [0.15, 0.2) is 0 Å². The number of fused-ring (bicyclic) bond motifs is 2. The van der Waals surface area contributed by atoms with Crippen LogP contribution in [0.3, 0.4) is 0 Å². The van der Waals surface area contributed by atoms with Crippen LogP contribution in [0.2, 0.25) is 0 Å². The molecule has 0 spiro atoms. The Balaban J connectivity index is 1.15. The average Bonchev–Trinajstić information content (AvgIpc) is 3.44. The van der Waals surface area contributed by atoms with E-state index >= 15 is 0 Å². The Labute approximate surface area is 244 Å². The van der Waals surface area contributed by atoms with E-state index in [1.54, 1.807) is 18.5 Å². The summed E-state index contributed by atoms with van der Waals surface area (Å²) in [6.07, 6.45) is -0.736. The molecule has 0 radical (unpaired) electrons. The topological polar surface area (TPSA) is 86.8 Å². The summed E-state index contributed by atoms with van der Waals surface area (Å²) in [6.45, 7) is -0.169. The number of benzene rings is 2. The van der Waals surface area contributed by atoms with Gasteiger partial charge in [0.1, 0.15) is 12.2 Å². The standard InChI is InChI=1S/C31H29F5N6O/c1-41-16-39-40-27(41)12-29(10-18(11-29)13-37)19-3-2-4-21(7-19)42-15-23-22(28(42)43)5-17(6-24(23)31(34,35)36)14-38-20-8-25-26(9-20)30(25,32)33/h2-7,16,18,20,25-26,38H,8-12,14-15H2,1H3. The number of nitriles is 1. The lowest BCUT2D eigenvalue weighted by atomic mass is 9.57. The predicted octanol–water partition coefficient (Wildman–Crippen LogP) is 5.54. The highest BCUT2D eigenvalue weighted by Gasteiger charge is 2.71. The molecule has 1 aliphatic heterocycles. The van der Waals surface area contributed by atoms with Gasteiger partial charge in [0.05, 0.1) is 18.2 Å². The molecule has 4 aliphatic rings. The first-order chi connectivity index (χ1) is 20.4. The largest absolute Gasteiger partial charge is 0.416 e. The van der Waals surface area contributed by atoms with Crippen molar-refractivity contribution in [1.29, 1.82) is 5.26 Å². The van der Waals surface area contributed by atoms with Gasteiger partial charge >= 0.3 is 6.18 Å². The van der Waals surface area contributed by atoms with Crippen LogP contribution in [0, 0.1) is 29.1 Å². The summed E-state index contributed by atoms with van der Waals surface area (Å²) in [5, 5.41) is 20.8. The number of nitrogens with zero attached hydrogens (tertiary/aromatic N) is 5. The van der Waals surface area contributed by atoms with Crippen LogP contribution < -0.4 is 10.2 Å². The van der Waals surface area contributed by atoms with Crippen molar-refractivity contribution >= 4 is 11.6 Å². The van der Waals surface area contributed by atoms with Crippen molar-refractivity contribution in [2.24, 2.45) is 24.8 Å². The Morgan fingerprint density at radius 2 is 1.88 bits per heavy atom. The van der Waals surface area contributed by atoms with E-state index in [9.17, 15) is 32.0 Å². The fraction of sp³-hybridized carbons (Fsp3) is 0.484. The highest BCUT2D eigenvalue weighted by Crippen LogP contribution is 2.64. The second-order valence-electron chi connectivity index (χ2n) is 12.6. The number of amides is 1. The van der Waals surface area contributed by atoms with Crippen molar-refractivity contribution in [3.63, 3.8) is 0 Å². The molecule has 224 valence electrons. The van der Waals surface area contributed by atoms with Crippen molar-refractivity contribution in [2.45, 2.75) is 68.7 Å². The minimum absolute atomic E-state index is 0.000169. The summed E-state index contributed by atoms with van der Waals surface area (Å²) in [5.74, 6) is -3.80. The van der Waals surface area contributed by atoms with Gasteiger partial charge in [-0.3, -0.25) is 4.79 Å². The number of halogens is 5. The highest BCUT2D eigenvalue weighted by molar-refractivity contribution is 6.10. The summed E-state index contributed by atoms with van der Waals surface area (Å²) in [5.41, 5.74) is 0.328. The molecule has 3 aliphatic carbocycles. The molecule has 2 atom stereocenters. The molecule has 43 heavy (non-hydrogen) atoms. The predicted molar refractivity (Wildman–Crippen MR) is 145 cm³/mol. The molecule has 7 nitrogen and oxygen atoms in total. The fourth-order valence-electron chi connectivity index (χ4n) is 7.50. The molecule has 2 heterocycles. The molecule has 3 fully saturated rings. The van der Waals surface area contributed by atoms with Crippen LogP contribution >= 0.6 is 0 Å². The molecule has 12 heteroatoms. The first-order valence-corrected chi connectivity index (χ1v) is 14.4. The van der Waals surface area contributed by atoms with Crippen molar-refractivity contribution in [1.82, 2.24) is 20.1 Å². The zero-order valence-electron chi connectivity index (χ0n) is 23.3. The van der Waals surface area contributed by atoms with Crippen LogP contribution in [0.25, 0.3) is 0 Å². The molecule has 2 unspecified atom stereocenters. The number of hydrogen-bond acceptors (Lipinski definition) is 5. The number of anilines is 1. The maximum atomic E-state index is 14.2. The van der Waals surface area contributed by atoms with Crippen molar-refractivity contribution in [2.75, 3.05) is 4.90 Å². The summed E-state index contributed by atoms with van der Waals surface area (Å²) >= 11 is 0. The van der Waals surface area contributed by atoms with E-state index in [-0.39, 0.29) is 36.2 Å². The van der Waals surface area contributed by atoms with Gasteiger partial charge < -0.3 is 14.8 Å². The smallest absolute Gasteiger partial charge is 0.321 e. The Morgan fingerprint density at radius 1 is 1.14 bits per heavy atom. The lowest BCUT2D eigenvalue weighted by Gasteiger charge is -2.45. The SMILES string of the molecule is Cn1cnnc1CC1(c2cccc(N3Cc4c(cc(CNC5CC6C(C5)C6(F)F)cc4C(F)(F)F)C3=O)c2)CC(C#N)C1. The van der Waals surface area contributed by atoms with Crippen molar-refractivity contribution in [3.8, 4) is 6.07 Å². The number of alkyl halides is 5. The van der Waals surface area contributed by atoms with Crippen LogP contribution in [0.1, 0.15) is 64.1 Å². The van der Waals surface area contributed by atoms with Gasteiger partial charge in [-0.1, -0.05) is 12.1 Å². The third-order valence-corrected chi connectivity index (χ3v) is 9.97. The monoisotopic (exact) mass is 596 g/mol. The van der Waals surface area contributed by atoms with Gasteiger partial charge in [0.2, 0.25) is 0 Å². The normalized spacial score (nSPS) is 28.8. The number of hydrogen-bond donors (Lipinski definition) is 1. The number of nitrogens with one attached hydrogen (secondary N) is 1. The average molecular weight is 597 g/mol. The van der Waals surface area contributed by atoms with E-state index in [4.69, 9.17) is 0 Å². The molecule has 2 aromatic carbocycles. The van der Waals surface area contributed by atoms with Crippen molar-refractivity contribution in [3.05, 3.63) is 76.4 Å². The molecule has 3 aromatic rings. The van der Waals surface area contributed by atoms with Gasteiger partial charge in [-0.05, 0) is 66.6 Å². The second-order valence-corrected chi connectivity index (χ2v) is 12.6. The van der Waals surface area contributed by atoms with Gasteiger partial charge in [-0.15, -0.1) is 10.2 Å². The molecule has 1 amide bonds. The zero-order chi connectivity index (χ0) is 30.3. The first-order valence-electron chi connectivity index (χ1n) is 14.4. The first kappa shape index (κ1) is 28.0. The van der Waals surface area contributed by atoms with Gasteiger partial charge in [-0.25, -0.2) is 8.78 Å². The van der Waals surface area contributed by atoms with Crippen LogP contribution in [0.4, 0.5) is 27.6 Å². The number of aromatic nitrogens is 3. The minimum Gasteiger partial charge on any atom is -0.321 e. The fourth-order valence-corrected chi connectivity index (χ4v) is 7.50. The second kappa shape index (κ2) is 9.58. The van der Waals surface area contributed by atoms with Gasteiger partial charge in [0, 0.05) is 60.5 Å². The maximum Gasteiger partial charge on any atom is 0.416 e. The molecular formula is C31H29F5N6O. The third kappa shape index (κ3) is 4.60. The molecule has 1 N–H and O–H groups in total. The molecule has 1 aromatic heterocycles. The van der Waals surface area contributed by atoms with E-state index in [0.29, 0.717) is 43.4 Å². The van der Waals surface area contributed by atoms with Crippen LogP contribution in [0.15, 0.2) is 42.7 Å². The highest BCUT2D eigenvalue weighted by atomic mass is 19.4. The number of carbonyl (C=O) groups excluding carboxylic acids is 1. The molecule has 0 saturated heterocycles. The van der Waals surface area contributed by atoms with E-state index < -0.39 is 40.8 Å². The Morgan fingerprint density at radius 3 is 2.53 bits per heavy atom. The van der Waals surface area contributed by atoms with Crippen LogP contribution in [0.5, 0.6) is 0 Å². The summed E-state index contributed by atoms with van der Waals surface area (Å²) in [4.78, 5) is 15.0. The Kier molecular flexibility index (Phi) is 6.22. The Bertz CT molecular complexity index is 1640. The van der Waals surface area contributed by atoms with Gasteiger partial charge in [0.25, 0.3) is 11.8 Å². The van der Waals surface area contributed by atoms with E-state index in [1.165, 1.54) is 11.0 Å². The molecular weight excluding hydrogens is 567 g/mol. The van der Waals surface area contributed by atoms with Crippen LogP contribution in [-0.4, -0.2) is 32.6 Å². The van der Waals surface area contributed by atoms with E-state index in [1.807, 2.05) is 23.7 Å². The van der Waals surface area contributed by atoms with E-state index in [2.05, 4.69) is 21.6 Å². The quantitative estimate of drug-likeness (QED) is 0.362. The molecule has 3 saturated carbocycles. The Hall–Kier alpha value is -3.85. The molecule has 0 bridgehead atoms. The van der Waals surface area contributed by atoms with Crippen molar-refractivity contribution < 1.29 is 26.7 Å². The third-order valence-electron chi connectivity index (χ3n) is 9.97. The van der Waals surface area contributed by atoms with Gasteiger partial charge in [-0.2, -0.15) is 18.4 Å². The molecule has 7 rings (SSSR count). The minimum atomic E-state index is -4.67. The lowest BCUT2D eigenvalue weighted by molar-refractivity contribution is -0.138. The zero-order valence-corrected chi connectivity index (χ0v) is 23.3. The van der Waals surface area contributed by atoms with Crippen LogP contribution in [-0.2, 0) is 38.1 Å².